The van der Waals surface area contributed by atoms with Gasteiger partial charge in [-0.3, -0.25) is 0 Å². The molecule has 170 valence electrons. The van der Waals surface area contributed by atoms with Gasteiger partial charge < -0.3 is 4.74 Å². The molecule has 1 aliphatic heterocycles. The van der Waals surface area contributed by atoms with Crippen molar-refractivity contribution in [3.05, 3.63) is 35.1 Å². The van der Waals surface area contributed by atoms with E-state index < -0.39 is 26.2 Å². The second-order valence-electron chi connectivity index (χ2n) is 9.82. The second-order valence-corrected chi connectivity index (χ2v) is 13.3. The van der Waals surface area contributed by atoms with Gasteiger partial charge in [-0.2, -0.15) is 0 Å². The smallest absolute Gasteiger partial charge is 0.194 e. The van der Waals surface area contributed by atoms with Gasteiger partial charge in [0.15, 0.2) is 17.5 Å². The molecule has 5 heteroatoms. The van der Waals surface area contributed by atoms with Gasteiger partial charge >= 0.3 is 0 Å². The molecule has 1 nitrogen and oxygen atoms in total. The maximum atomic E-state index is 13.5. The van der Waals surface area contributed by atoms with E-state index >= 15 is 0 Å². The number of methoxy groups -OCH3 is 1. The molecule has 1 aromatic rings. The Kier molecular flexibility index (Phi) is 9.76. The Morgan fingerprint density at radius 3 is 1.97 bits per heavy atom. The summed E-state index contributed by atoms with van der Waals surface area (Å²) < 4.78 is 45.4. The molecule has 3 rings (SSSR count). The van der Waals surface area contributed by atoms with Gasteiger partial charge in [0.1, 0.15) is 0 Å². The molecule has 2 fully saturated rings. The predicted molar refractivity (Wildman–Crippen MR) is 120 cm³/mol. The molecule has 0 bridgehead atoms. The zero-order chi connectivity index (χ0) is 21.3. The molecule has 1 saturated carbocycles. The highest BCUT2D eigenvalue weighted by molar-refractivity contribution is 6.58. The van der Waals surface area contributed by atoms with Crippen LogP contribution in [0.3, 0.4) is 0 Å². The van der Waals surface area contributed by atoms with Crippen molar-refractivity contribution in [1.82, 2.24) is 0 Å². The highest BCUT2D eigenvalue weighted by Gasteiger charge is 2.25. The Hall–Kier alpha value is -0.813. The Morgan fingerprint density at radius 1 is 0.833 bits per heavy atom. The average molecular weight is 441 g/mol. The fraction of sp³-hybridized carbons (Fsp3) is 0.760. The van der Waals surface area contributed by atoms with E-state index in [1.807, 2.05) is 0 Å². The molecular weight excluding hydrogens is 401 g/mol. The Morgan fingerprint density at radius 2 is 1.40 bits per heavy atom. The Labute approximate surface area is 182 Å². The third-order valence-corrected chi connectivity index (χ3v) is 11.3. The number of ether oxygens (including phenoxy) is 1. The molecule has 0 unspecified atom stereocenters. The summed E-state index contributed by atoms with van der Waals surface area (Å²) in [4.78, 5) is 0. The Balaban J connectivity index is 1.27. The quantitative estimate of drug-likeness (QED) is 0.207. The van der Waals surface area contributed by atoms with Crippen LogP contribution in [-0.4, -0.2) is 22.5 Å². The van der Waals surface area contributed by atoms with Crippen molar-refractivity contribution in [1.29, 1.82) is 0 Å². The topological polar surface area (TPSA) is 9.23 Å². The molecule has 0 radical (unpaired) electrons. The summed E-state index contributed by atoms with van der Waals surface area (Å²) in [6.45, 7) is 0.937. The van der Waals surface area contributed by atoms with E-state index in [4.69, 9.17) is 4.74 Å². The fourth-order valence-corrected chi connectivity index (χ4v) is 9.28. The van der Waals surface area contributed by atoms with Crippen molar-refractivity contribution in [2.75, 3.05) is 13.7 Å². The lowest BCUT2D eigenvalue weighted by atomic mass is 9.77. The molecule has 0 amide bonds. The molecule has 0 aromatic heterocycles. The summed E-state index contributed by atoms with van der Waals surface area (Å²) in [5.74, 6) is -1.57. The maximum absolute atomic E-state index is 13.5. The number of halogens is 3. The van der Waals surface area contributed by atoms with Crippen molar-refractivity contribution in [3.8, 4) is 0 Å². The highest BCUT2D eigenvalue weighted by atomic mass is 28.3. The van der Waals surface area contributed by atoms with Crippen LogP contribution in [0.4, 0.5) is 13.2 Å². The fourth-order valence-electron chi connectivity index (χ4n) is 5.79. The molecule has 0 atom stereocenters. The zero-order valence-corrected chi connectivity index (χ0v) is 19.8. The summed E-state index contributed by atoms with van der Waals surface area (Å²) in [7, 11) is 1.35. The monoisotopic (exact) mass is 440 g/mol. The first-order valence-electron chi connectivity index (χ1n) is 12.2. The van der Waals surface area contributed by atoms with Crippen molar-refractivity contribution in [2.45, 2.75) is 94.7 Å². The molecular formula is C25H39F3OSi. The van der Waals surface area contributed by atoms with Crippen molar-refractivity contribution >= 4 is 8.80 Å². The summed E-state index contributed by atoms with van der Waals surface area (Å²) in [6, 6.07) is 6.95. The number of unbranched alkanes of at least 4 members (excludes halogenated alkanes) is 1. The largest absolute Gasteiger partial charge is 0.385 e. The minimum atomic E-state index is -1.35. The highest BCUT2D eigenvalue weighted by Crippen LogP contribution is 2.39. The maximum Gasteiger partial charge on any atom is 0.194 e. The summed E-state index contributed by atoms with van der Waals surface area (Å²) in [5.41, 5.74) is 0.631. The van der Waals surface area contributed by atoms with Crippen LogP contribution >= 0.6 is 0 Å². The normalized spacial score (nSPS) is 27.3. The number of hydrogen-bond donors (Lipinski definition) is 0. The standard InChI is InChI=1S/C25H39F3OSi/c1-29-13-4-14-30-15-11-20(12-16-30)6-3-2-5-19-7-9-21(10-8-19)22-17-23(26)25(28)24(27)18-22/h17-21,30H,2-16H2,1H3/t19-,20?,21-,30?. The van der Waals surface area contributed by atoms with Crippen LogP contribution in [0.15, 0.2) is 12.1 Å². The van der Waals surface area contributed by atoms with Gasteiger partial charge in [0.25, 0.3) is 0 Å². The first-order valence-corrected chi connectivity index (χ1v) is 14.6. The molecule has 1 aromatic carbocycles. The SMILES string of the molecule is COCCC[SiH]1CCC(CCCC[C@H]2CC[C@H](c3cc(F)c(F)c(F)c3)CC2)CC1. The van der Waals surface area contributed by atoms with Gasteiger partial charge in [-0.1, -0.05) is 56.7 Å². The van der Waals surface area contributed by atoms with Gasteiger partial charge in [-0.05, 0) is 67.6 Å². The molecule has 1 aliphatic carbocycles. The van der Waals surface area contributed by atoms with Gasteiger partial charge in [0, 0.05) is 22.5 Å². The molecule has 2 aliphatic rings. The molecule has 0 N–H and O–H groups in total. The van der Waals surface area contributed by atoms with Crippen molar-refractivity contribution in [2.24, 2.45) is 11.8 Å². The lowest BCUT2D eigenvalue weighted by molar-refractivity contribution is 0.199. The van der Waals surface area contributed by atoms with Crippen LogP contribution in [0, 0.1) is 29.3 Å². The van der Waals surface area contributed by atoms with Crippen LogP contribution in [0.2, 0.25) is 18.1 Å². The van der Waals surface area contributed by atoms with Crippen molar-refractivity contribution in [3.63, 3.8) is 0 Å². The van der Waals surface area contributed by atoms with Crippen LogP contribution < -0.4 is 0 Å². The summed E-state index contributed by atoms with van der Waals surface area (Å²) in [5, 5.41) is 0. The molecule has 30 heavy (non-hydrogen) atoms. The van der Waals surface area contributed by atoms with Gasteiger partial charge in [-0.25, -0.2) is 13.2 Å². The number of benzene rings is 1. The van der Waals surface area contributed by atoms with Crippen molar-refractivity contribution < 1.29 is 17.9 Å². The van der Waals surface area contributed by atoms with Gasteiger partial charge in [0.2, 0.25) is 0 Å². The third-order valence-electron chi connectivity index (χ3n) is 7.73. The lowest BCUT2D eigenvalue weighted by Gasteiger charge is -2.30. The van der Waals surface area contributed by atoms with E-state index in [-0.39, 0.29) is 5.92 Å². The first-order chi connectivity index (χ1) is 14.6. The van der Waals surface area contributed by atoms with Crippen LogP contribution in [-0.2, 0) is 4.74 Å². The summed E-state index contributed by atoms with van der Waals surface area (Å²) in [6.07, 6.45) is 13.8. The van der Waals surface area contributed by atoms with E-state index in [0.717, 1.165) is 44.1 Å². The summed E-state index contributed by atoms with van der Waals surface area (Å²) >= 11 is 0. The number of hydrogen-bond acceptors (Lipinski definition) is 1. The lowest BCUT2D eigenvalue weighted by Crippen LogP contribution is -2.21. The third kappa shape index (κ3) is 7.12. The molecule has 1 saturated heterocycles. The van der Waals surface area contributed by atoms with E-state index in [0.29, 0.717) is 5.56 Å². The number of rotatable bonds is 10. The molecule has 0 spiro atoms. The average Bonchev–Trinajstić information content (AvgIpc) is 2.76. The molecule has 1 heterocycles. The van der Waals surface area contributed by atoms with Crippen LogP contribution in [0.5, 0.6) is 0 Å². The van der Waals surface area contributed by atoms with Gasteiger partial charge in [-0.15, -0.1) is 0 Å². The van der Waals surface area contributed by atoms with E-state index in [1.165, 1.54) is 63.1 Å². The first kappa shape index (κ1) is 23.8. The van der Waals surface area contributed by atoms with E-state index in [9.17, 15) is 13.2 Å². The zero-order valence-electron chi connectivity index (χ0n) is 18.6. The van der Waals surface area contributed by atoms with E-state index in [1.54, 1.807) is 19.2 Å². The van der Waals surface area contributed by atoms with Crippen LogP contribution in [0.1, 0.15) is 82.1 Å². The van der Waals surface area contributed by atoms with Crippen LogP contribution in [0.25, 0.3) is 0 Å². The second kappa shape index (κ2) is 12.3. The van der Waals surface area contributed by atoms with E-state index in [2.05, 4.69) is 0 Å². The predicted octanol–water partition coefficient (Wildman–Crippen LogP) is 7.61. The minimum absolute atomic E-state index is 0.175. The van der Waals surface area contributed by atoms with Gasteiger partial charge in [0.05, 0.1) is 0 Å². The minimum Gasteiger partial charge on any atom is -0.385 e. The Bertz CT molecular complexity index is 614.